The first-order chi connectivity index (χ1) is 11.8. The van der Waals surface area contributed by atoms with Gasteiger partial charge in [0.15, 0.2) is 5.65 Å². The molecule has 1 saturated heterocycles. The number of hydrogen-bond donors (Lipinski definition) is 1. The molecule has 122 valence electrons. The molecule has 1 amide bonds. The van der Waals surface area contributed by atoms with Crippen LogP contribution < -0.4 is 10.2 Å². The van der Waals surface area contributed by atoms with Gasteiger partial charge < -0.3 is 15.0 Å². The van der Waals surface area contributed by atoms with E-state index in [1.165, 1.54) is 6.20 Å². The van der Waals surface area contributed by atoms with Crippen molar-refractivity contribution < 1.29 is 9.53 Å². The van der Waals surface area contributed by atoms with E-state index in [-0.39, 0.29) is 5.91 Å². The van der Waals surface area contributed by atoms with Crippen molar-refractivity contribution in [3.63, 3.8) is 0 Å². The highest BCUT2D eigenvalue weighted by atomic mass is 16.5. The third kappa shape index (κ3) is 2.79. The standard InChI is InChI=1S/C16H16N6O2/c23-16(12-2-1-4-17-11-12)20-13-10-15(21-6-8-24-9-7-21)22-14(19-13)3-5-18-22/h1-5,10-11H,6-9H2,(H,19,20,23). The predicted molar refractivity (Wildman–Crippen MR) is 88.2 cm³/mol. The quantitative estimate of drug-likeness (QED) is 0.779. The lowest BCUT2D eigenvalue weighted by atomic mass is 10.2. The Morgan fingerprint density at radius 2 is 2.08 bits per heavy atom. The molecule has 1 N–H and O–H groups in total. The molecule has 24 heavy (non-hydrogen) atoms. The van der Waals surface area contributed by atoms with E-state index in [1.54, 1.807) is 29.0 Å². The maximum Gasteiger partial charge on any atom is 0.258 e. The minimum atomic E-state index is -0.243. The van der Waals surface area contributed by atoms with Gasteiger partial charge in [-0.3, -0.25) is 9.78 Å². The molecule has 0 unspecified atom stereocenters. The second-order valence-electron chi connectivity index (χ2n) is 5.40. The van der Waals surface area contributed by atoms with Crippen LogP contribution in [-0.2, 0) is 4.74 Å². The van der Waals surface area contributed by atoms with Gasteiger partial charge in [-0.05, 0) is 12.1 Å². The Labute approximate surface area is 138 Å². The van der Waals surface area contributed by atoms with Gasteiger partial charge in [-0.2, -0.15) is 9.61 Å². The van der Waals surface area contributed by atoms with Gasteiger partial charge in [0, 0.05) is 37.6 Å². The fraction of sp³-hybridized carbons (Fsp3) is 0.250. The Morgan fingerprint density at radius 3 is 2.88 bits per heavy atom. The van der Waals surface area contributed by atoms with E-state index in [2.05, 4.69) is 25.3 Å². The second-order valence-corrected chi connectivity index (χ2v) is 5.40. The Morgan fingerprint density at radius 1 is 1.21 bits per heavy atom. The second kappa shape index (κ2) is 6.25. The molecule has 8 heteroatoms. The molecule has 0 aliphatic carbocycles. The van der Waals surface area contributed by atoms with Gasteiger partial charge in [0.2, 0.25) is 0 Å². The molecule has 0 atom stereocenters. The largest absolute Gasteiger partial charge is 0.378 e. The number of carbonyl (C=O) groups excluding carboxylic acids is 1. The third-order valence-electron chi connectivity index (χ3n) is 3.84. The number of rotatable bonds is 3. The molecule has 0 saturated carbocycles. The summed E-state index contributed by atoms with van der Waals surface area (Å²) in [4.78, 5) is 22.9. The number of amides is 1. The van der Waals surface area contributed by atoms with Gasteiger partial charge in [0.05, 0.1) is 25.0 Å². The van der Waals surface area contributed by atoms with Crippen molar-refractivity contribution in [2.24, 2.45) is 0 Å². The smallest absolute Gasteiger partial charge is 0.258 e. The molecule has 3 aromatic heterocycles. The fourth-order valence-electron chi connectivity index (χ4n) is 2.66. The summed E-state index contributed by atoms with van der Waals surface area (Å²) >= 11 is 0. The number of aromatic nitrogens is 4. The highest BCUT2D eigenvalue weighted by Crippen LogP contribution is 2.21. The normalized spacial score (nSPS) is 14.8. The first-order valence-electron chi connectivity index (χ1n) is 7.70. The number of anilines is 2. The fourth-order valence-corrected chi connectivity index (χ4v) is 2.66. The van der Waals surface area contributed by atoms with Crippen molar-refractivity contribution in [3.8, 4) is 0 Å². The molecule has 0 spiro atoms. The lowest BCUT2D eigenvalue weighted by Gasteiger charge is -2.29. The molecule has 1 fully saturated rings. The van der Waals surface area contributed by atoms with E-state index in [4.69, 9.17) is 4.74 Å². The monoisotopic (exact) mass is 324 g/mol. The Balaban J connectivity index is 1.67. The zero-order chi connectivity index (χ0) is 16.4. The highest BCUT2D eigenvalue weighted by Gasteiger charge is 2.17. The minimum absolute atomic E-state index is 0.243. The van der Waals surface area contributed by atoms with Gasteiger partial charge in [0.25, 0.3) is 5.91 Å². The van der Waals surface area contributed by atoms with Crippen LogP contribution in [0, 0.1) is 0 Å². The molecule has 4 rings (SSSR count). The van der Waals surface area contributed by atoms with Gasteiger partial charge in [0.1, 0.15) is 11.6 Å². The van der Waals surface area contributed by atoms with Gasteiger partial charge in [-0.25, -0.2) is 4.98 Å². The van der Waals surface area contributed by atoms with E-state index in [1.807, 2.05) is 12.1 Å². The Bertz CT molecular complexity index is 857. The number of pyridine rings is 1. The van der Waals surface area contributed by atoms with Crippen LogP contribution in [0.25, 0.3) is 5.65 Å². The summed E-state index contributed by atoms with van der Waals surface area (Å²) in [6, 6.07) is 7.08. The van der Waals surface area contributed by atoms with Gasteiger partial charge in [-0.1, -0.05) is 0 Å². The van der Waals surface area contributed by atoms with E-state index in [9.17, 15) is 4.79 Å². The van der Waals surface area contributed by atoms with Crippen LogP contribution in [-0.4, -0.2) is 51.8 Å². The zero-order valence-electron chi connectivity index (χ0n) is 12.9. The predicted octanol–water partition coefficient (Wildman–Crippen LogP) is 1.21. The van der Waals surface area contributed by atoms with Crippen molar-refractivity contribution in [2.45, 2.75) is 0 Å². The van der Waals surface area contributed by atoms with Crippen LogP contribution in [0.15, 0.2) is 42.9 Å². The maximum atomic E-state index is 12.3. The van der Waals surface area contributed by atoms with Crippen molar-refractivity contribution in [1.82, 2.24) is 19.6 Å². The summed E-state index contributed by atoms with van der Waals surface area (Å²) in [5.74, 6) is 1.13. The molecule has 3 aromatic rings. The molecule has 0 aromatic carbocycles. The summed E-state index contributed by atoms with van der Waals surface area (Å²) in [6.07, 6.45) is 4.85. The SMILES string of the molecule is O=C(Nc1cc(N2CCOCC2)n2nccc2n1)c1cccnc1. The van der Waals surface area contributed by atoms with Crippen molar-refractivity contribution in [2.75, 3.05) is 36.5 Å². The van der Waals surface area contributed by atoms with E-state index in [0.29, 0.717) is 30.2 Å². The van der Waals surface area contributed by atoms with Crippen LogP contribution >= 0.6 is 0 Å². The molecule has 4 heterocycles. The first-order valence-corrected chi connectivity index (χ1v) is 7.70. The van der Waals surface area contributed by atoms with Crippen molar-refractivity contribution in [3.05, 3.63) is 48.4 Å². The lowest BCUT2D eigenvalue weighted by Crippen LogP contribution is -2.37. The average molecular weight is 324 g/mol. The van der Waals surface area contributed by atoms with Crippen LogP contribution in [0.4, 0.5) is 11.6 Å². The van der Waals surface area contributed by atoms with Crippen LogP contribution in [0.3, 0.4) is 0 Å². The Hall–Kier alpha value is -3.00. The van der Waals surface area contributed by atoms with E-state index >= 15 is 0 Å². The summed E-state index contributed by atoms with van der Waals surface area (Å²) < 4.78 is 7.17. The van der Waals surface area contributed by atoms with Gasteiger partial charge >= 0.3 is 0 Å². The lowest BCUT2D eigenvalue weighted by molar-refractivity contribution is 0.102. The number of morpholine rings is 1. The van der Waals surface area contributed by atoms with E-state index < -0.39 is 0 Å². The number of carbonyl (C=O) groups is 1. The van der Waals surface area contributed by atoms with Crippen molar-refractivity contribution >= 4 is 23.2 Å². The number of ether oxygens (including phenoxy) is 1. The topological polar surface area (TPSA) is 84.7 Å². The highest BCUT2D eigenvalue weighted by molar-refractivity contribution is 6.03. The molecule has 1 aliphatic rings. The molecule has 0 radical (unpaired) electrons. The summed E-state index contributed by atoms with van der Waals surface area (Å²) in [5.41, 5.74) is 1.17. The van der Waals surface area contributed by atoms with Crippen molar-refractivity contribution in [1.29, 1.82) is 0 Å². The summed E-state index contributed by atoms with van der Waals surface area (Å²) in [7, 11) is 0. The van der Waals surface area contributed by atoms with Gasteiger partial charge in [-0.15, -0.1) is 0 Å². The third-order valence-corrected chi connectivity index (χ3v) is 3.84. The average Bonchev–Trinajstić information content (AvgIpc) is 3.11. The molecule has 0 bridgehead atoms. The summed E-state index contributed by atoms with van der Waals surface area (Å²) in [6.45, 7) is 2.88. The molecular weight excluding hydrogens is 308 g/mol. The number of fused-ring (bicyclic) bond motifs is 1. The number of nitrogens with zero attached hydrogens (tertiary/aromatic N) is 5. The minimum Gasteiger partial charge on any atom is -0.378 e. The number of hydrogen-bond acceptors (Lipinski definition) is 6. The molecule has 8 nitrogen and oxygen atoms in total. The number of nitrogens with one attached hydrogen (secondary N) is 1. The zero-order valence-corrected chi connectivity index (χ0v) is 12.9. The molecular formula is C16H16N6O2. The summed E-state index contributed by atoms with van der Waals surface area (Å²) in [5, 5.41) is 7.15. The maximum absolute atomic E-state index is 12.3. The van der Waals surface area contributed by atoms with Crippen LogP contribution in [0.5, 0.6) is 0 Å². The Kier molecular flexibility index (Phi) is 3.80. The van der Waals surface area contributed by atoms with E-state index in [0.717, 1.165) is 18.9 Å². The van der Waals surface area contributed by atoms with Crippen LogP contribution in [0.1, 0.15) is 10.4 Å². The molecule has 1 aliphatic heterocycles. The first kappa shape index (κ1) is 14.6. The van der Waals surface area contributed by atoms with Crippen LogP contribution in [0.2, 0.25) is 0 Å².